The van der Waals surface area contributed by atoms with Gasteiger partial charge in [0.15, 0.2) is 0 Å². The van der Waals surface area contributed by atoms with Gasteiger partial charge in [0.25, 0.3) is 11.5 Å². The molecule has 0 spiro atoms. The zero-order valence-electron chi connectivity index (χ0n) is 22.2. The predicted octanol–water partition coefficient (Wildman–Crippen LogP) is 4.16. The lowest BCUT2D eigenvalue weighted by atomic mass is 10.1. The summed E-state index contributed by atoms with van der Waals surface area (Å²) in [6.07, 6.45) is 0.813. The van der Waals surface area contributed by atoms with Gasteiger partial charge in [0.2, 0.25) is 17.6 Å². The number of nitriles is 1. The van der Waals surface area contributed by atoms with Crippen LogP contribution in [0.2, 0.25) is 10.0 Å². The van der Waals surface area contributed by atoms with Crippen LogP contribution in [0, 0.1) is 17.1 Å². The van der Waals surface area contributed by atoms with E-state index in [1.165, 1.54) is 48.5 Å². The number of hydrogen-bond donors (Lipinski definition) is 0. The van der Waals surface area contributed by atoms with Gasteiger partial charge in [0, 0.05) is 23.3 Å². The minimum atomic E-state index is -1.48. The topological polar surface area (TPSA) is 160 Å². The molecule has 1 saturated heterocycles. The molecule has 3 heterocycles. The van der Waals surface area contributed by atoms with Crippen molar-refractivity contribution in [2.45, 2.75) is 19.1 Å². The number of pyridine rings is 1. The minimum Gasteiger partial charge on any atom is -0.404 e. The molecule has 2 aromatic heterocycles. The van der Waals surface area contributed by atoms with Gasteiger partial charge < -0.3 is 14.2 Å². The van der Waals surface area contributed by atoms with Crippen LogP contribution >= 0.6 is 23.2 Å². The van der Waals surface area contributed by atoms with Gasteiger partial charge in [-0.25, -0.2) is 14.4 Å². The SMILES string of the molecule is N#Cc1ccc(OC(=O)c2ccc(Cl)cc2Cl)nc1OC(=O)c1cccc(C(=O)n2c(=O)c(F)cn(C3CCCO3)c2=O)c1. The third-order valence-corrected chi connectivity index (χ3v) is 6.88. The van der Waals surface area contributed by atoms with Crippen LogP contribution in [-0.2, 0) is 4.74 Å². The van der Waals surface area contributed by atoms with Gasteiger partial charge >= 0.3 is 17.6 Å². The van der Waals surface area contributed by atoms with E-state index < -0.39 is 47.0 Å². The summed E-state index contributed by atoms with van der Waals surface area (Å²) in [4.78, 5) is 68.2. The van der Waals surface area contributed by atoms with Gasteiger partial charge in [-0.15, -0.1) is 0 Å². The van der Waals surface area contributed by atoms with Gasteiger partial charge in [0.05, 0.1) is 22.3 Å². The van der Waals surface area contributed by atoms with Gasteiger partial charge in [0.1, 0.15) is 17.9 Å². The van der Waals surface area contributed by atoms with Crippen LogP contribution in [0.15, 0.2) is 70.4 Å². The fraction of sp³-hybridized carbons (Fsp3) is 0.138. The maximum atomic E-state index is 14.5. The Morgan fingerprint density at radius 2 is 1.80 bits per heavy atom. The number of nitrogens with zero attached hydrogens (tertiary/aromatic N) is 4. The van der Waals surface area contributed by atoms with E-state index in [0.717, 1.165) is 10.6 Å². The fourth-order valence-electron chi connectivity index (χ4n) is 4.21. The van der Waals surface area contributed by atoms with Crippen LogP contribution in [0.5, 0.6) is 11.8 Å². The zero-order valence-corrected chi connectivity index (χ0v) is 23.7. The molecule has 5 rings (SSSR count). The van der Waals surface area contributed by atoms with Gasteiger partial charge in [-0.05, 0) is 55.3 Å². The van der Waals surface area contributed by atoms with Crippen molar-refractivity contribution in [3.63, 3.8) is 0 Å². The molecule has 0 aliphatic carbocycles. The highest BCUT2D eigenvalue weighted by molar-refractivity contribution is 6.36. The molecule has 2 aromatic carbocycles. The van der Waals surface area contributed by atoms with E-state index >= 15 is 0 Å². The summed E-state index contributed by atoms with van der Waals surface area (Å²) in [5, 5.41) is 9.78. The Bertz CT molecular complexity index is 2000. The Hall–Kier alpha value is -5.16. The summed E-state index contributed by atoms with van der Waals surface area (Å²) in [5.74, 6) is -5.42. The van der Waals surface area contributed by atoms with E-state index in [2.05, 4.69) is 4.98 Å². The largest absolute Gasteiger partial charge is 0.404 e. The molecule has 222 valence electrons. The molecule has 1 fully saturated rings. The molecule has 1 atom stereocenters. The van der Waals surface area contributed by atoms with Crippen LogP contribution in [-0.4, -0.2) is 38.6 Å². The van der Waals surface area contributed by atoms with E-state index in [4.69, 9.17) is 37.4 Å². The number of rotatable bonds is 6. The number of halogens is 3. The number of ether oxygens (including phenoxy) is 3. The van der Waals surface area contributed by atoms with E-state index in [1.807, 2.05) is 0 Å². The molecule has 0 radical (unpaired) electrons. The molecule has 1 unspecified atom stereocenters. The number of carbonyl (C=O) groups is 3. The lowest BCUT2D eigenvalue weighted by molar-refractivity contribution is 0.0501. The maximum absolute atomic E-state index is 14.5. The van der Waals surface area contributed by atoms with Crippen LogP contribution in [0.4, 0.5) is 4.39 Å². The molecular formula is C29H17Cl2FN4O8. The molecule has 15 heteroatoms. The van der Waals surface area contributed by atoms with Crippen molar-refractivity contribution in [1.29, 1.82) is 5.26 Å². The first kappa shape index (κ1) is 30.3. The molecule has 1 aliphatic rings. The molecule has 0 amide bonds. The summed E-state index contributed by atoms with van der Waals surface area (Å²) < 4.78 is 31.2. The van der Waals surface area contributed by atoms with Crippen LogP contribution in [0.3, 0.4) is 0 Å². The van der Waals surface area contributed by atoms with Crippen LogP contribution < -0.4 is 20.7 Å². The second kappa shape index (κ2) is 12.6. The second-order valence-corrected chi connectivity index (χ2v) is 10.0. The molecule has 0 N–H and O–H groups in total. The predicted molar refractivity (Wildman–Crippen MR) is 151 cm³/mol. The van der Waals surface area contributed by atoms with E-state index in [0.29, 0.717) is 30.7 Å². The van der Waals surface area contributed by atoms with E-state index in [1.54, 1.807) is 6.07 Å². The summed E-state index contributed by atoms with van der Waals surface area (Å²) in [5.41, 5.74) is -3.38. The quantitative estimate of drug-likeness (QED) is 0.281. The Morgan fingerprint density at radius 1 is 1.02 bits per heavy atom. The fourth-order valence-corrected chi connectivity index (χ4v) is 4.70. The van der Waals surface area contributed by atoms with Crippen LogP contribution in [0.1, 0.15) is 55.7 Å². The first-order valence-electron chi connectivity index (χ1n) is 12.7. The van der Waals surface area contributed by atoms with Crippen LogP contribution in [0.25, 0.3) is 0 Å². The standard InChI is InChI=1S/C29H17Cl2FN4O8/c30-18-7-8-19(20(31)12-18)28(40)43-22-9-6-17(13-33)24(34-22)44-27(39)16-4-1-3-15(11-16)25(37)36-26(38)21(32)14-35(29(36)41)23-5-2-10-42-23/h1,3-4,6-9,11-12,14,23H,2,5,10H2. The van der Waals surface area contributed by atoms with Crippen molar-refractivity contribution in [3.05, 3.63) is 120 Å². The minimum absolute atomic E-state index is 0.0171. The van der Waals surface area contributed by atoms with Gasteiger partial charge in [-0.2, -0.15) is 19.2 Å². The third kappa shape index (κ3) is 6.13. The Labute approximate surface area is 256 Å². The number of hydrogen-bond acceptors (Lipinski definition) is 10. The highest BCUT2D eigenvalue weighted by atomic mass is 35.5. The number of carbonyl (C=O) groups excluding carboxylic acids is 3. The summed E-state index contributed by atoms with van der Waals surface area (Å²) in [7, 11) is 0. The van der Waals surface area contributed by atoms with E-state index in [-0.39, 0.29) is 37.7 Å². The highest BCUT2D eigenvalue weighted by Crippen LogP contribution is 2.25. The Balaban J connectivity index is 1.40. The maximum Gasteiger partial charge on any atom is 0.346 e. The number of aromatic nitrogens is 3. The zero-order chi connectivity index (χ0) is 31.5. The lowest BCUT2D eigenvalue weighted by Gasteiger charge is -2.15. The van der Waals surface area contributed by atoms with Crippen molar-refractivity contribution < 1.29 is 33.0 Å². The van der Waals surface area contributed by atoms with Crippen molar-refractivity contribution in [3.8, 4) is 17.8 Å². The smallest absolute Gasteiger partial charge is 0.346 e. The second-order valence-electron chi connectivity index (χ2n) is 9.18. The van der Waals surface area contributed by atoms with Gasteiger partial charge in [-0.1, -0.05) is 29.3 Å². The Kier molecular flexibility index (Phi) is 8.68. The van der Waals surface area contributed by atoms with Crippen molar-refractivity contribution in [2.75, 3.05) is 6.61 Å². The Morgan fingerprint density at radius 3 is 2.50 bits per heavy atom. The lowest BCUT2D eigenvalue weighted by Crippen LogP contribution is -2.46. The number of esters is 2. The average Bonchev–Trinajstić information content (AvgIpc) is 3.54. The van der Waals surface area contributed by atoms with Crippen molar-refractivity contribution in [2.24, 2.45) is 0 Å². The normalized spacial score (nSPS) is 14.1. The molecule has 44 heavy (non-hydrogen) atoms. The molecule has 0 saturated carbocycles. The first-order valence-corrected chi connectivity index (χ1v) is 13.4. The monoisotopic (exact) mass is 638 g/mol. The van der Waals surface area contributed by atoms with Crippen molar-refractivity contribution in [1.82, 2.24) is 14.1 Å². The molecular weight excluding hydrogens is 622 g/mol. The summed E-state index contributed by atoms with van der Waals surface area (Å²) >= 11 is 11.9. The molecule has 4 aromatic rings. The first-order chi connectivity index (χ1) is 21.1. The van der Waals surface area contributed by atoms with Gasteiger partial charge in [-0.3, -0.25) is 14.2 Å². The highest BCUT2D eigenvalue weighted by Gasteiger charge is 2.26. The third-order valence-electron chi connectivity index (χ3n) is 6.33. The molecule has 1 aliphatic heterocycles. The summed E-state index contributed by atoms with van der Waals surface area (Å²) in [6.45, 7) is 0.320. The molecule has 0 bridgehead atoms. The summed E-state index contributed by atoms with van der Waals surface area (Å²) in [6, 6.07) is 13.0. The number of benzene rings is 2. The van der Waals surface area contributed by atoms with Crippen molar-refractivity contribution >= 4 is 41.0 Å². The molecule has 12 nitrogen and oxygen atoms in total. The average molecular weight is 639 g/mol. The van der Waals surface area contributed by atoms with E-state index in [9.17, 15) is 33.6 Å².